The van der Waals surface area contributed by atoms with E-state index in [0.29, 0.717) is 6.54 Å². The van der Waals surface area contributed by atoms with Gasteiger partial charge in [-0.1, -0.05) is 13.8 Å². The average molecular weight is 142 g/mol. The van der Waals surface area contributed by atoms with Gasteiger partial charge in [-0.2, -0.15) is 0 Å². The van der Waals surface area contributed by atoms with Crippen molar-refractivity contribution in [3.8, 4) is 0 Å². The molecule has 0 bridgehead atoms. The Bertz CT molecular complexity index is 170. The van der Waals surface area contributed by atoms with Gasteiger partial charge in [0, 0.05) is 7.05 Å². The van der Waals surface area contributed by atoms with Crippen LogP contribution in [-0.4, -0.2) is 14.8 Å². The van der Waals surface area contributed by atoms with Crippen LogP contribution in [0.5, 0.6) is 0 Å². The van der Waals surface area contributed by atoms with E-state index in [4.69, 9.17) is 5.73 Å². The van der Waals surface area contributed by atoms with E-state index in [2.05, 4.69) is 10.2 Å². The number of hydrogen-bond donors (Lipinski definition) is 1. The largest absolute Gasteiger partial charge is 0.324 e. The molecule has 0 atom stereocenters. The second kappa shape index (κ2) is 4.93. The summed E-state index contributed by atoms with van der Waals surface area (Å²) in [5.74, 6) is 0.810. The van der Waals surface area contributed by atoms with Gasteiger partial charge in [-0.05, 0) is 0 Å². The Morgan fingerprint density at radius 2 is 2.20 bits per heavy atom. The van der Waals surface area contributed by atoms with Gasteiger partial charge in [0.15, 0.2) is 0 Å². The van der Waals surface area contributed by atoms with Gasteiger partial charge in [-0.15, -0.1) is 10.2 Å². The van der Waals surface area contributed by atoms with Crippen molar-refractivity contribution >= 4 is 0 Å². The van der Waals surface area contributed by atoms with Gasteiger partial charge in [0.1, 0.15) is 12.2 Å². The molecule has 10 heavy (non-hydrogen) atoms. The van der Waals surface area contributed by atoms with Gasteiger partial charge >= 0.3 is 0 Å². The summed E-state index contributed by atoms with van der Waals surface area (Å²) in [4.78, 5) is 0. The van der Waals surface area contributed by atoms with E-state index in [9.17, 15) is 0 Å². The number of nitrogens with two attached hydrogens (primary N) is 1. The number of aromatic nitrogens is 3. The highest BCUT2D eigenvalue weighted by Gasteiger charge is 1.92. The van der Waals surface area contributed by atoms with Crippen LogP contribution in [0.1, 0.15) is 19.7 Å². The molecule has 4 nitrogen and oxygen atoms in total. The first-order chi connectivity index (χ1) is 4.84. The van der Waals surface area contributed by atoms with Crippen molar-refractivity contribution < 1.29 is 0 Å². The molecule has 2 N–H and O–H groups in total. The highest BCUT2D eigenvalue weighted by Crippen LogP contribution is 1.85. The van der Waals surface area contributed by atoms with Gasteiger partial charge in [0.2, 0.25) is 0 Å². The first-order valence-corrected chi connectivity index (χ1v) is 3.37. The fourth-order valence-corrected chi connectivity index (χ4v) is 0.492. The van der Waals surface area contributed by atoms with Crippen molar-refractivity contribution in [2.24, 2.45) is 12.8 Å². The minimum Gasteiger partial charge on any atom is -0.324 e. The number of hydrogen-bond acceptors (Lipinski definition) is 3. The van der Waals surface area contributed by atoms with E-state index in [1.807, 2.05) is 20.9 Å². The zero-order valence-corrected chi connectivity index (χ0v) is 6.70. The van der Waals surface area contributed by atoms with E-state index in [1.165, 1.54) is 0 Å². The van der Waals surface area contributed by atoms with Gasteiger partial charge in [0.25, 0.3) is 0 Å². The minimum absolute atomic E-state index is 0.455. The molecule has 1 aromatic rings. The molecule has 0 aromatic carbocycles. The lowest BCUT2D eigenvalue weighted by molar-refractivity contribution is 0.792. The van der Waals surface area contributed by atoms with Crippen molar-refractivity contribution in [1.82, 2.24) is 14.8 Å². The normalized spacial score (nSPS) is 8.40. The molecule has 0 aliphatic heterocycles. The molecule has 0 radical (unpaired) electrons. The number of aryl methyl sites for hydroxylation is 1. The van der Waals surface area contributed by atoms with Crippen LogP contribution >= 0.6 is 0 Å². The standard InChI is InChI=1S/C4H8N4.C2H6/c1-8-3-6-7-4(8)2-5;1-2/h3H,2,5H2,1H3;1-2H3. The maximum absolute atomic E-state index is 5.27. The van der Waals surface area contributed by atoms with E-state index in [-0.39, 0.29) is 0 Å². The van der Waals surface area contributed by atoms with Crippen LogP contribution in [0.25, 0.3) is 0 Å². The predicted molar refractivity (Wildman–Crippen MR) is 40.2 cm³/mol. The molecule has 0 unspecified atom stereocenters. The summed E-state index contributed by atoms with van der Waals surface area (Å²) in [6.45, 7) is 4.45. The predicted octanol–water partition coefficient (Wildman–Crippen LogP) is 0.300. The molecular formula is C6H14N4. The van der Waals surface area contributed by atoms with Crippen LogP contribution < -0.4 is 5.73 Å². The van der Waals surface area contributed by atoms with Crippen molar-refractivity contribution in [2.75, 3.05) is 0 Å². The molecule has 0 fully saturated rings. The molecule has 4 heteroatoms. The van der Waals surface area contributed by atoms with Gasteiger partial charge in [0.05, 0.1) is 6.54 Å². The smallest absolute Gasteiger partial charge is 0.146 e. The molecule has 1 rings (SSSR count). The van der Waals surface area contributed by atoms with Crippen molar-refractivity contribution in [2.45, 2.75) is 20.4 Å². The third-order valence-corrected chi connectivity index (χ3v) is 0.988. The van der Waals surface area contributed by atoms with Crippen LogP contribution in [0.2, 0.25) is 0 Å². The summed E-state index contributed by atoms with van der Waals surface area (Å²) in [5.41, 5.74) is 5.27. The summed E-state index contributed by atoms with van der Waals surface area (Å²) >= 11 is 0. The van der Waals surface area contributed by atoms with Crippen molar-refractivity contribution in [3.63, 3.8) is 0 Å². The third-order valence-electron chi connectivity index (χ3n) is 0.988. The van der Waals surface area contributed by atoms with E-state index in [1.54, 1.807) is 10.9 Å². The molecule has 58 valence electrons. The third kappa shape index (κ3) is 2.14. The van der Waals surface area contributed by atoms with Crippen molar-refractivity contribution in [1.29, 1.82) is 0 Å². The highest BCUT2D eigenvalue weighted by molar-refractivity contribution is 4.80. The lowest BCUT2D eigenvalue weighted by Crippen LogP contribution is -2.03. The molecule has 0 amide bonds. The van der Waals surface area contributed by atoms with E-state index < -0.39 is 0 Å². The maximum Gasteiger partial charge on any atom is 0.146 e. The summed E-state index contributed by atoms with van der Waals surface area (Å²) in [6, 6.07) is 0. The Labute approximate surface area is 61.1 Å². The molecule has 0 spiro atoms. The Morgan fingerprint density at radius 3 is 2.40 bits per heavy atom. The lowest BCUT2D eigenvalue weighted by Gasteiger charge is -1.90. The number of nitrogens with zero attached hydrogens (tertiary/aromatic N) is 3. The van der Waals surface area contributed by atoms with Gasteiger partial charge < -0.3 is 10.3 Å². The molecule has 0 saturated heterocycles. The second-order valence-electron chi connectivity index (χ2n) is 1.56. The highest BCUT2D eigenvalue weighted by atomic mass is 15.2. The molecule has 1 aromatic heterocycles. The molecule has 0 saturated carbocycles. The van der Waals surface area contributed by atoms with Gasteiger partial charge in [-0.3, -0.25) is 0 Å². The summed E-state index contributed by atoms with van der Waals surface area (Å²) in [6.07, 6.45) is 1.63. The first kappa shape index (κ1) is 9.10. The van der Waals surface area contributed by atoms with E-state index in [0.717, 1.165) is 5.82 Å². The van der Waals surface area contributed by atoms with Crippen LogP contribution in [0.15, 0.2) is 6.33 Å². The SMILES string of the molecule is CC.Cn1cnnc1CN. The molecule has 0 aliphatic carbocycles. The molecular weight excluding hydrogens is 128 g/mol. The van der Waals surface area contributed by atoms with Crippen LogP contribution in [0, 0.1) is 0 Å². The van der Waals surface area contributed by atoms with Crippen LogP contribution in [0.4, 0.5) is 0 Å². The fraction of sp³-hybridized carbons (Fsp3) is 0.667. The quantitative estimate of drug-likeness (QED) is 0.613. The molecule has 1 heterocycles. The maximum atomic E-state index is 5.27. The molecule has 0 aliphatic rings. The summed E-state index contributed by atoms with van der Waals surface area (Å²) in [5, 5.41) is 7.35. The number of rotatable bonds is 1. The monoisotopic (exact) mass is 142 g/mol. The zero-order valence-electron chi connectivity index (χ0n) is 6.70. The first-order valence-electron chi connectivity index (χ1n) is 3.37. The zero-order chi connectivity index (χ0) is 7.98. The van der Waals surface area contributed by atoms with Crippen molar-refractivity contribution in [3.05, 3.63) is 12.2 Å². The Morgan fingerprint density at radius 1 is 1.60 bits per heavy atom. The fourth-order valence-electron chi connectivity index (χ4n) is 0.492. The summed E-state index contributed by atoms with van der Waals surface area (Å²) < 4.78 is 1.79. The second-order valence-corrected chi connectivity index (χ2v) is 1.56. The Balaban J connectivity index is 0.000000371. The van der Waals surface area contributed by atoms with E-state index >= 15 is 0 Å². The van der Waals surface area contributed by atoms with Crippen LogP contribution in [-0.2, 0) is 13.6 Å². The summed E-state index contributed by atoms with van der Waals surface area (Å²) in [7, 11) is 1.86. The Kier molecular flexibility index (Phi) is 4.49. The van der Waals surface area contributed by atoms with Gasteiger partial charge in [-0.25, -0.2) is 0 Å². The average Bonchev–Trinajstić information content (AvgIpc) is 2.39. The minimum atomic E-state index is 0.455. The lowest BCUT2D eigenvalue weighted by atomic mass is 10.6. The van der Waals surface area contributed by atoms with Crippen LogP contribution in [0.3, 0.4) is 0 Å². The topological polar surface area (TPSA) is 56.7 Å². The Hall–Kier alpha value is -0.900.